The van der Waals surface area contributed by atoms with E-state index in [0.29, 0.717) is 6.54 Å². The molecule has 2 amide bonds. The highest BCUT2D eigenvalue weighted by atomic mass is 16.2. The van der Waals surface area contributed by atoms with Crippen LogP contribution in [0.5, 0.6) is 0 Å². The predicted octanol–water partition coefficient (Wildman–Crippen LogP) is 0.498. The Morgan fingerprint density at radius 3 is 2.00 bits per heavy atom. The molecule has 0 aromatic carbocycles. The smallest absolute Gasteiger partial charge is 0.253 e. The van der Waals surface area contributed by atoms with Gasteiger partial charge in [0.15, 0.2) is 0 Å². The van der Waals surface area contributed by atoms with Crippen molar-refractivity contribution in [1.29, 1.82) is 0 Å². The number of carbonyl (C=O) groups excluding carboxylic acids is 2. The van der Waals surface area contributed by atoms with E-state index in [0.717, 1.165) is 0 Å². The standard InChI is InChI=1S/C11H18N2O2/c1-8(2)9(7-12(3)4)13-10(14)5-6-11(13)15/h5-6,8-9H,7H2,1-4H3. The van der Waals surface area contributed by atoms with Gasteiger partial charge in [0.25, 0.3) is 11.8 Å². The zero-order chi connectivity index (χ0) is 11.6. The normalized spacial score (nSPS) is 18.4. The van der Waals surface area contributed by atoms with Crippen molar-refractivity contribution < 1.29 is 9.59 Å². The second-order valence-electron chi connectivity index (χ2n) is 4.45. The number of rotatable bonds is 4. The van der Waals surface area contributed by atoms with Gasteiger partial charge in [-0.1, -0.05) is 13.8 Å². The molecule has 0 saturated carbocycles. The van der Waals surface area contributed by atoms with Crippen LogP contribution in [-0.2, 0) is 9.59 Å². The Balaban J connectivity index is 2.80. The molecule has 1 heterocycles. The molecule has 0 bridgehead atoms. The van der Waals surface area contributed by atoms with Gasteiger partial charge in [0.05, 0.1) is 6.04 Å². The summed E-state index contributed by atoms with van der Waals surface area (Å²) >= 11 is 0. The van der Waals surface area contributed by atoms with Crippen molar-refractivity contribution in [3.63, 3.8) is 0 Å². The number of hydrogen-bond acceptors (Lipinski definition) is 3. The van der Waals surface area contributed by atoms with Crippen LogP contribution in [0.2, 0.25) is 0 Å². The Labute approximate surface area is 90.5 Å². The van der Waals surface area contributed by atoms with Crippen molar-refractivity contribution in [1.82, 2.24) is 9.80 Å². The van der Waals surface area contributed by atoms with E-state index >= 15 is 0 Å². The molecule has 1 aliphatic rings. The minimum atomic E-state index is -0.194. The van der Waals surface area contributed by atoms with Crippen LogP contribution < -0.4 is 0 Å². The van der Waals surface area contributed by atoms with E-state index in [2.05, 4.69) is 0 Å². The van der Waals surface area contributed by atoms with Gasteiger partial charge in [0.2, 0.25) is 0 Å². The third kappa shape index (κ3) is 2.65. The molecule has 1 atom stereocenters. The van der Waals surface area contributed by atoms with Crippen LogP contribution in [-0.4, -0.2) is 48.3 Å². The van der Waals surface area contributed by atoms with Crippen LogP contribution in [0, 0.1) is 5.92 Å². The first-order chi connectivity index (χ1) is 6.93. The summed E-state index contributed by atoms with van der Waals surface area (Å²) < 4.78 is 0. The van der Waals surface area contributed by atoms with Crippen LogP contribution in [0.4, 0.5) is 0 Å². The molecular formula is C11H18N2O2. The molecule has 0 spiro atoms. The molecule has 15 heavy (non-hydrogen) atoms. The summed E-state index contributed by atoms with van der Waals surface area (Å²) in [6.07, 6.45) is 2.68. The third-order valence-corrected chi connectivity index (χ3v) is 2.50. The Morgan fingerprint density at radius 1 is 1.20 bits per heavy atom. The van der Waals surface area contributed by atoms with Gasteiger partial charge in [-0.3, -0.25) is 14.5 Å². The largest absolute Gasteiger partial charge is 0.307 e. The maximum absolute atomic E-state index is 11.5. The summed E-state index contributed by atoms with van der Waals surface area (Å²) in [6.45, 7) is 4.75. The molecule has 84 valence electrons. The van der Waals surface area contributed by atoms with E-state index in [9.17, 15) is 9.59 Å². The third-order valence-electron chi connectivity index (χ3n) is 2.50. The zero-order valence-corrected chi connectivity index (χ0v) is 9.73. The molecule has 4 nitrogen and oxygen atoms in total. The molecule has 0 aliphatic carbocycles. The van der Waals surface area contributed by atoms with E-state index < -0.39 is 0 Å². The maximum atomic E-state index is 11.5. The first kappa shape index (κ1) is 11.9. The van der Waals surface area contributed by atoms with Crippen molar-refractivity contribution in [3.05, 3.63) is 12.2 Å². The zero-order valence-electron chi connectivity index (χ0n) is 9.73. The van der Waals surface area contributed by atoms with E-state index in [1.54, 1.807) is 0 Å². The van der Waals surface area contributed by atoms with Gasteiger partial charge in [-0.2, -0.15) is 0 Å². The second-order valence-corrected chi connectivity index (χ2v) is 4.45. The minimum absolute atomic E-state index is 0.0463. The van der Waals surface area contributed by atoms with Crippen LogP contribution in [0.15, 0.2) is 12.2 Å². The van der Waals surface area contributed by atoms with Crippen LogP contribution in [0.25, 0.3) is 0 Å². The predicted molar refractivity (Wildman–Crippen MR) is 58.2 cm³/mol. The highest BCUT2D eigenvalue weighted by Gasteiger charge is 2.32. The van der Waals surface area contributed by atoms with Crippen molar-refractivity contribution in [2.45, 2.75) is 19.9 Å². The number of amides is 2. The Kier molecular flexibility index (Phi) is 3.63. The van der Waals surface area contributed by atoms with Crippen molar-refractivity contribution in [3.8, 4) is 0 Å². The van der Waals surface area contributed by atoms with Gasteiger partial charge >= 0.3 is 0 Å². The van der Waals surface area contributed by atoms with Gasteiger partial charge in [-0.25, -0.2) is 0 Å². The quantitative estimate of drug-likeness (QED) is 0.634. The van der Waals surface area contributed by atoms with E-state index in [4.69, 9.17) is 0 Å². The summed E-state index contributed by atoms with van der Waals surface area (Å²) in [5.74, 6) is -0.124. The van der Waals surface area contributed by atoms with Crippen molar-refractivity contribution >= 4 is 11.8 Å². The SMILES string of the molecule is CC(C)C(CN(C)C)N1C(=O)C=CC1=O. The molecule has 1 aliphatic heterocycles. The molecule has 0 aromatic rings. The molecule has 1 rings (SSSR count). The number of carbonyl (C=O) groups is 2. The summed E-state index contributed by atoms with van der Waals surface area (Å²) in [5, 5.41) is 0. The molecule has 0 aromatic heterocycles. The summed E-state index contributed by atoms with van der Waals surface area (Å²) in [5.41, 5.74) is 0. The maximum Gasteiger partial charge on any atom is 0.253 e. The molecule has 0 radical (unpaired) electrons. The Bertz CT molecular complexity index is 277. The fraction of sp³-hybridized carbons (Fsp3) is 0.636. The first-order valence-electron chi connectivity index (χ1n) is 5.13. The summed E-state index contributed by atoms with van der Waals surface area (Å²) in [6, 6.07) is -0.0463. The van der Waals surface area contributed by atoms with Crippen molar-refractivity contribution in [2.75, 3.05) is 20.6 Å². The fourth-order valence-electron chi connectivity index (χ4n) is 1.70. The minimum Gasteiger partial charge on any atom is -0.307 e. The lowest BCUT2D eigenvalue weighted by Gasteiger charge is -2.31. The first-order valence-corrected chi connectivity index (χ1v) is 5.13. The number of imide groups is 1. The Hall–Kier alpha value is -1.16. The van der Waals surface area contributed by atoms with Crippen LogP contribution in [0.3, 0.4) is 0 Å². The summed E-state index contributed by atoms with van der Waals surface area (Å²) in [4.78, 5) is 26.4. The number of nitrogens with zero attached hydrogens (tertiary/aromatic N) is 2. The average molecular weight is 210 g/mol. The van der Waals surface area contributed by atoms with Crippen LogP contribution in [0.1, 0.15) is 13.8 Å². The molecule has 4 heteroatoms. The summed E-state index contributed by atoms with van der Waals surface area (Å²) in [7, 11) is 3.88. The van der Waals surface area contributed by atoms with Gasteiger partial charge in [0, 0.05) is 18.7 Å². The number of hydrogen-bond donors (Lipinski definition) is 0. The van der Waals surface area contributed by atoms with Gasteiger partial charge < -0.3 is 4.90 Å². The van der Waals surface area contributed by atoms with E-state index in [-0.39, 0.29) is 23.8 Å². The molecule has 1 unspecified atom stereocenters. The monoisotopic (exact) mass is 210 g/mol. The molecule has 0 N–H and O–H groups in total. The molecule has 0 saturated heterocycles. The Morgan fingerprint density at radius 2 is 1.67 bits per heavy atom. The second kappa shape index (κ2) is 4.57. The topological polar surface area (TPSA) is 40.6 Å². The van der Waals surface area contributed by atoms with Gasteiger partial charge in [-0.05, 0) is 20.0 Å². The molecular weight excluding hydrogens is 192 g/mol. The lowest BCUT2D eigenvalue weighted by Crippen LogP contribution is -2.48. The van der Waals surface area contributed by atoms with E-state index in [1.165, 1.54) is 17.1 Å². The van der Waals surface area contributed by atoms with Crippen LogP contribution >= 0.6 is 0 Å². The van der Waals surface area contributed by atoms with Gasteiger partial charge in [-0.15, -0.1) is 0 Å². The van der Waals surface area contributed by atoms with E-state index in [1.807, 2.05) is 32.8 Å². The highest BCUT2D eigenvalue weighted by Crippen LogP contribution is 2.16. The lowest BCUT2D eigenvalue weighted by molar-refractivity contribution is -0.140. The highest BCUT2D eigenvalue weighted by molar-refractivity contribution is 6.13. The number of likely N-dealkylation sites (N-methyl/N-ethyl adjacent to an activating group) is 1. The molecule has 0 fully saturated rings. The lowest BCUT2D eigenvalue weighted by atomic mass is 10.0. The van der Waals surface area contributed by atoms with Crippen molar-refractivity contribution in [2.24, 2.45) is 5.92 Å². The van der Waals surface area contributed by atoms with Gasteiger partial charge in [0.1, 0.15) is 0 Å². The fourth-order valence-corrected chi connectivity index (χ4v) is 1.70. The average Bonchev–Trinajstić information content (AvgIpc) is 2.42.